The number of halogens is 4. The van der Waals surface area contributed by atoms with Crippen LogP contribution in [-0.4, -0.2) is 18.7 Å². The number of hydrazone groups is 1. The molecule has 8 heteroatoms. The first kappa shape index (κ1) is 17.9. The van der Waals surface area contributed by atoms with Crippen molar-refractivity contribution in [2.24, 2.45) is 5.10 Å². The molecule has 0 aliphatic heterocycles. The lowest BCUT2D eigenvalue weighted by Gasteiger charge is -2.07. The van der Waals surface area contributed by atoms with Gasteiger partial charge in [0.25, 0.3) is 5.91 Å². The van der Waals surface area contributed by atoms with Crippen molar-refractivity contribution in [2.45, 2.75) is 0 Å². The van der Waals surface area contributed by atoms with E-state index in [2.05, 4.69) is 10.5 Å². The van der Waals surface area contributed by atoms with E-state index in [-0.39, 0.29) is 6.61 Å². The highest BCUT2D eigenvalue weighted by Crippen LogP contribution is 2.27. The highest BCUT2D eigenvalue weighted by Gasteiger charge is 2.06. The third-order valence-electron chi connectivity index (χ3n) is 2.61. The molecule has 0 saturated heterocycles. The third-order valence-corrected chi connectivity index (χ3v) is 3.72. The van der Waals surface area contributed by atoms with Gasteiger partial charge < -0.3 is 4.74 Å². The second kappa shape index (κ2) is 8.41. The molecule has 0 aliphatic carbocycles. The van der Waals surface area contributed by atoms with Crippen LogP contribution in [0.2, 0.25) is 20.1 Å². The zero-order valence-corrected chi connectivity index (χ0v) is 14.5. The highest BCUT2D eigenvalue weighted by molar-refractivity contribution is 6.36. The van der Waals surface area contributed by atoms with Crippen molar-refractivity contribution in [3.05, 3.63) is 62.1 Å². The van der Waals surface area contributed by atoms with E-state index in [0.717, 1.165) is 0 Å². The van der Waals surface area contributed by atoms with Crippen LogP contribution < -0.4 is 10.2 Å². The summed E-state index contributed by atoms with van der Waals surface area (Å²) in [6, 6.07) is 9.66. The van der Waals surface area contributed by atoms with Crippen molar-refractivity contribution in [1.29, 1.82) is 0 Å². The molecule has 120 valence electrons. The number of nitrogens with zero attached hydrogens (tertiary/aromatic N) is 1. The Morgan fingerprint density at radius 2 is 1.74 bits per heavy atom. The van der Waals surface area contributed by atoms with E-state index < -0.39 is 5.91 Å². The lowest BCUT2D eigenvalue weighted by Crippen LogP contribution is -2.24. The molecule has 0 radical (unpaired) electrons. The minimum atomic E-state index is -0.456. The van der Waals surface area contributed by atoms with Crippen LogP contribution in [0.3, 0.4) is 0 Å². The van der Waals surface area contributed by atoms with Gasteiger partial charge in [-0.05, 0) is 24.3 Å². The Balaban J connectivity index is 1.87. The van der Waals surface area contributed by atoms with Crippen LogP contribution in [0, 0.1) is 0 Å². The summed E-state index contributed by atoms with van der Waals surface area (Å²) in [4.78, 5) is 11.7. The molecule has 2 aromatic rings. The molecule has 0 bridgehead atoms. The van der Waals surface area contributed by atoms with Crippen molar-refractivity contribution in [2.75, 3.05) is 6.61 Å². The van der Waals surface area contributed by atoms with Crippen LogP contribution in [-0.2, 0) is 4.79 Å². The van der Waals surface area contributed by atoms with Crippen LogP contribution in [0.15, 0.2) is 41.5 Å². The normalized spacial score (nSPS) is 10.8. The van der Waals surface area contributed by atoms with Crippen molar-refractivity contribution in [1.82, 2.24) is 5.43 Å². The van der Waals surface area contributed by atoms with Crippen LogP contribution in [0.1, 0.15) is 5.56 Å². The summed E-state index contributed by atoms with van der Waals surface area (Å²) in [7, 11) is 0. The second-order valence-electron chi connectivity index (χ2n) is 4.32. The topological polar surface area (TPSA) is 50.7 Å². The van der Waals surface area contributed by atoms with Crippen molar-refractivity contribution < 1.29 is 9.53 Å². The van der Waals surface area contributed by atoms with Gasteiger partial charge in [-0.1, -0.05) is 52.5 Å². The van der Waals surface area contributed by atoms with Gasteiger partial charge in [0.15, 0.2) is 6.61 Å². The average molecular weight is 392 g/mol. The molecule has 0 aromatic heterocycles. The van der Waals surface area contributed by atoms with Crippen molar-refractivity contribution >= 4 is 58.5 Å². The monoisotopic (exact) mass is 390 g/mol. The van der Waals surface area contributed by atoms with E-state index in [9.17, 15) is 4.79 Å². The summed E-state index contributed by atoms with van der Waals surface area (Å²) in [6.07, 6.45) is 1.41. The molecule has 23 heavy (non-hydrogen) atoms. The van der Waals surface area contributed by atoms with Crippen LogP contribution in [0.25, 0.3) is 0 Å². The number of hydrogen-bond acceptors (Lipinski definition) is 3. The lowest BCUT2D eigenvalue weighted by molar-refractivity contribution is -0.123. The Morgan fingerprint density at radius 3 is 2.48 bits per heavy atom. The predicted molar refractivity (Wildman–Crippen MR) is 94.2 cm³/mol. The summed E-state index contributed by atoms with van der Waals surface area (Å²) in [5.74, 6) is -0.138. The van der Waals surface area contributed by atoms with Crippen LogP contribution in [0.4, 0.5) is 0 Å². The maximum Gasteiger partial charge on any atom is 0.277 e. The number of benzene rings is 2. The fourth-order valence-corrected chi connectivity index (χ4v) is 2.33. The third kappa shape index (κ3) is 5.59. The highest BCUT2D eigenvalue weighted by atomic mass is 35.5. The van der Waals surface area contributed by atoms with E-state index in [0.29, 0.717) is 31.4 Å². The van der Waals surface area contributed by atoms with Crippen molar-refractivity contribution in [3.63, 3.8) is 0 Å². The molecule has 1 N–H and O–H groups in total. The number of ether oxygens (including phenoxy) is 1. The zero-order chi connectivity index (χ0) is 16.8. The maximum atomic E-state index is 11.7. The molecule has 0 saturated carbocycles. The molecule has 2 aromatic carbocycles. The first-order valence-corrected chi connectivity index (χ1v) is 7.81. The standard InChI is InChI=1S/C15H10Cl4N2O2/c16-10-2-1-9(13(19)5-10)7-20-21-15(22)8-23-14-6-11(17)3-4-12(14)18/h1-7H,8H2,(H,21,22)/b20-7+. The maximum absolute atomic E-state index is 11.7. The largest absolute Gasteiger partial charge is 0.482 e. The van der Waals surface area contributed by atoms with Gasteiger partial charge in [-0.15, -0.1) is 0 Å². The second-order valence-corrected chi connectivity index (χ2v) is 6.01. The Kier molecular flexibility index (Phi) is 6.54. The summed E-state index contributed by atoms with van der Waals surface area (Å²) in [5.41, 5.74) is 2.94. The molecule has 4 nitrogen and oxygen atoms in total. The molecule has 0 fully saturated rings. The van der Waals surface area contributed by atoms with E-state index >= 15 is 0 Å². The van der Waals surface area contributed by atoms with Gasteiger partial charge in [0.1, 0.15) is 5.75 Å². The molecule has 0 heterocycles. The average Bonchev–Trinajstić information content (AvgIpc) is 2.50. The number of amides is 1. The van der Waals surface area contributed by atoms with E-state index in [1.54, 1.807) is 30.3 Å². The van der Waals surface area contributed by atoms with Crippen LogP contribution in [0.5, 0.6) is 5.75 Å². The van der Waals surface area contributed by atoms with E-state index in [4.69, 9.17) is 51.1 Å². The van der Waals surface area contributed by atoms with Gasteiger partial charge in [-0.3, -0.25) is 4.79 Å². The minimum Gasteiger partial charge on any atom is -0.482 e. The van der Waals surface area contributed by atoms with Crippen molar-refractivity contribution in [3.8, 4) is 5.75 Å². The lowest BCUT2D eigenvalue weighted by atomic mass is 10.2. The SMILES string of the molecule is O=C(COc1cc(Cl)ccc1Cl)N/N=C/c1ccc(Cl)cc1Cl. The molecular weight excluding hydrogens is 382 g/mol. The van der Waals surface area contributed by atoms with E-state index in [1.807, 2.05) is 0 Å². The molecule has 0 aliphatic rings. The summed E-state index contributed by atoms with van der Waals surface area (Å²) < 4.78 is 5.28. The number of carbonyl (C=O) groups is 1. The summed E-state index contributed by atoms with van der Waals surface area (Å²) in [5, 5.41) is 5.56. The summed E-state index contributed by atoms with van der Waals surface area (Å²) in [6.45, 7) is -0.258. The van der Waals surface area contributed by atoms with Crippen LogP contribution >= 0.6 is 46.4 Å². The molecule has 0 unspecified atom stereocenters. The van der Waals surface area contributed by atoms with Gasteiger partial charge in [0, 0.05) is 21.7 Å². The predicted octanol–water partition coefficient (Wildman–Crippen LogP) is 4.83. The number of rotatable bonds is 5. The number of hydrogen-bond donors (Lipinski definition) is 1. The van der Waals surface area contributed by atoms with Gasteiger partial charge in [-0.2, -0.15) is 5.10 Å². The van der Waals surface area contributed by atoms with Gasteiger partial charge in [0.2, 0.25) is 0 Å². The minimum absolute atomic E-state index is 0.258. The first-order valence-electron chi connectivity index (χ1n) is 6.30. The van der Waals surface area contributed by atoms with Gasteiger partial charge >= 0.3 is 0 Å². The quantitative estimate of drug-likeness (QED) is 0.586. The number of carbonyl (C=O) groups excluding carboxylic acids is 1. The molecule has 0 spiro atoms. The Hall–Kier alpha value is -1.46. The fraction of sp³-hybridized carbons (Fsp3) is 0.0667. The first-order chi connectivity index (χ1) is 11.0. The molecule has 2 rings (SSSR count). The Labute approximate surface area is 152 Å². The van der Waals surface area contributed by atoms with Gasteiger partial charge in [0.05, 0.1) is 16.3 Å². The Bertz CT molecular complexity index is 750. The van der Waals surface area contributed by atoms with E-state index in [1.165, 1.54) is 12.3 Å². The summed E-state index contributed by atoms with van der Waals surface area (Å²) >= 11 is 23.5. The van der Waals surface area contributed by atoms with Gasteiger partial charge in [-0.25, -0.2) is 5.43 Å². The Morgan fingerprint density at radius 1 is 1.04 bits per heavy atom. The molecule has 1 amide bonds. The molecule has 0 atom stereocenters. The molecular formula is C15H10Cl4N2O2. The zero-order valence-electron chi connectivity index (χ0n) is 11.5. The number of nitrogens with one attached hydrogen (secondary N) is 1. The fourth-order valence-electron chi connectivity index (χ4n) is 1.54. The smallest absolute Gasteiger partial charge is 0.277 e.